The van der Waals surface area contributed by atoms with E-state index in [1.54, 1.807) is 0 Å². The molecule has 0 heterocycles. The smallest absolute Gasteiger partial charge is 0.0663 e. The van der Waals surface area contributed by atoms with Gasteiger partial charge in [-0.05, 0) is 32.6 Å². The van der Waals surface area contributed by atoms with Crippen LogP contribution >= 0.6 is 0 Å². The molecular weight excluding hydrogens is 170 g/mol. The lowest BCUT2D eigenvalue weighted by atomic mass is 10.1. The molecule has 0 saturated carbocycles. The van der Waals surface area contributed by atoms with E-state index in [0.717, 1.165) is 6.42 Å². The lowest BCUT2D eigenvalue weighted by Crippen LogP contribution is -1.76. The molecule has 1 heteroatoms. The van der Waals surface area contributed by atoms with Crippen molar-refractivity contribution in [1.82, 2.24) is 0 Å². The predicted molar refractivity (Wildman–Crippen MR) is 61.9 cm³/mol. The van der Waals surface area contributed by atoms with Gasteiger partial charge in [0.1, 0.15) is 0 Å². The maximum atomic E-state index is 8.28. The summed E-state index contributed by atoms with van der Waals surface area (Å²) in [6.45, 7) is 2.07. The van der Waals surface area contributed by atoms with Gasteiger partial charge in [-0.3, -0.25) is 0 Å². The first kappa shape index (κ1) is 13.0. The van der Waals surface area contributed by atoms with Crippen molar-refractivity contribution >= 4 is 0 Å². The number of nitriles is 1. The molecule has 0 fully saturated rings. The van der Waals surface area contributed by atoms with Crippen LogP contribution in [-0.4, -0.2) is 0 Å². The van der Waals surface area contributed by atoms with E-state index in [0.29, 0.717) is 6.42 Å². The molecule has 0 aromatic rings. The molecule has 0 unspecified atom stereocenters. The van der Waals surface area contributed by atoms with Crippen molar-refractivity contribution in [3.63, 3.8) is 0 Å². The van der Waals surface area contributed by atoms with E-state index < -0.39 is 0 Å². The highest BCUT2D eigenvalue weighted by molar-refractivity contribution is 4.90. The van der Waals surface area contributed by atoms with Gasteiger partial charge in [-0.15, -0.1) is 0 Å². The molecule has 14 heavy (non-hydrogen) atoms. The molecule has 0 rings (SSSR count). The van der Waals surface area contributed by atoms with Crippen LogP contribution < -0.4 is 0 Å². The Kier molecular flexibility index (Phi) is 11.1. The Morgan fingerprint density at radius 2 is 1.57 bits per heavy atom. The highest BCUT2D eigenvalue weighted by Crippen LogP contribution is 2.06. The van der Waals surface area contributed by atoms with Gasteiger partial charge in [-0.1, -0.05) is 37.1 Å². The molecular formula is C13H21N. The van der Waals surface area contributed by atoms with Gasteiger partial charge < -0.3 is 0 Å². The zero-order valence-corrected chi connectivity index (χ0v) is 9.21. The maximum absolute atomic E-state index is 8.28. The standard InChI is InChI=1S/C13H21N/c1-2-3-4-5-6-7-8-9-10-11-12-13-14/h2-3,10-11H,4-9,12H2,1H3. The van der Waals surface area contributed by atoms with Crippen LogP contribution in [0.25, 0.3) is 0 Å². The summed E-state index contributed by atoms with van der Waals surface area (Å²) in [5.74, 6) is 0. The van der Waals surface area contributed by atoms with Crippen LogP contribution in [0.2, 0.25) is 0 Å². The average Bonchev–Trinajstić information content (AvgIpc) is 2.21. The van der Waals surface area contributed by atoms with Crippen LogP contribution in [0, 0.1) is 11.3 Å². The minimum atomic E-state index is 0.557. The minimum absolute atomic E-state index is 0.557. The molecule has 0 saturated heterocycles. The normalized spacial score (nSPS) is 11.1. The summed E-state index contributed by atoms with van der Waals surface area (Å²) < 4.78 is 0. The van der Waals surface area contributed by atoms with Crippen molar-refractivity contribution in [2.45, 2.75) is 51.9 Å². The second-order valence-electron chi connectivity index (χ2n) is 3.39. The first-order chi connectivity index (χ1) is 6.91. The molecule has 0 spiro atoms. The van der Waals surface area contributed by atoms with Gasteiger partial charge in [0.05, 0.1) is 12.5 Å². The van der Waals surface area contributed by atoms with Crippen LogP contribution in [0.3, 0.4) is 0 Å². The number of hydrogen-bond donors (Lipinski definition) is 0. The summed E-state index contributed by atoms with van der Waals surface area (Å²) in [5, 5.41) is 8.28. The van der Waals surface area contributed by atoms with Crippen LogP contribution in [0.1, 0.15) is 51.9 Å². The molecule has 0 N–H and O–H groups in total. The molecule has 0 aliphatic carbocycles. The fraction of sp³-hybridized carbons (Fsp3) is 0.615. The molecule has 0 amide bonds. The third kappa shape index (κ3) is 11.0. The average molecular weight is 191 g/mol. The Balaban J connectivity index is 3.03. The van der Waals surface area contributed by atoms with Crippen molar-refractivity contribution in [1.29, 1.82) is 5.26 Å². The maximum Gasteiger partial charge on any atom is 0.0663 e. The topological polar surface area (TPSA) is 23.8 Å². The van der Waals surface area contributed by atoms with Crippen LogP contribution in [0.4, 0.5) is 0 Å². The largest absolute Gasteiger partial charge is 0.198 e. The number of unbranched alkanes of at least 4 members (excludes halogenated alkanes) is 5. The summed E-state index contributed by atoms with van der Waals surface area (Å²) in [4.78, 5) is 0. The van der Waals surface area contributed by atoms with Crippen molar-refractivity contribution < 1.29 is 0 Å². The van der Waals surface area contributed by atoms with Crippen molar-refractivity contribution in [2.75, 3.05) is 0 Å². The molecule has 78 valence electrons. The lowest BCUT2D eigenvalue weighted by Gasteiger charge is -1.96. The van der Waals surface area contributed by atoms with E-state index in [2.05, 4.69) is 31.2 Å². The summed E-state index contributed by atoms with van der Waals surface area (Å²) in [6.07, 6.45) is 16.6. The fourth-order valence-corrected chi connectivity index (χ4v) is 1.30. The van der Waals surface area contributed by atoms with E-state index in [-0.39, 0.29) is 0 Å². The Morgan fingerprint density at radius 1 is 0.929 bits per heavy atom. The quantitative estimate of drug-likeness (QED) is 0.413. The van der Waals surface area contributed by atoms with Crippen LogP contribution in [0.15, 0.2) is 24.3 Å². The molecule has 0 aromatic carbocycles. The number of allylic oxidation sites excluding steroid dienone is 4. The molecule has 0 atom stereocenters. The number of nitrogens with zero attached hydrogens (tertiary/aromatic N) is 1. The number of rotatable bonds is 8. The molecule has 0 aliphatic heterocycles. The van der Waals surface area contributed by atoms with Gasteiger partial charge in [0.2, 0.25) is 0 Å². The molecule has 0 bridgehead atoms. The van der Waals surface area contributed by atoms with Crippen molar-refractivity contribution in [3.05, 3.63) is 24.3 Å². The summed E-state index contributed by atoms with van der Waals surface area (Å²) in [5.41, 5.74) is 0. The monoisotopic (exact) mass is 191 g/mol. The van der Waals surface area contributed by atoms with Gasteiger partial charge >= 0.3 is 0 Å². The predicted octanol–water partition coefficient (Wildman–Crippen LogP) is 4.37. The van der Waals surface area contributed by atoms with Gasteiger partial charge in [0, 0.05) is 0 Å². The third-order valence-corrected chi connectivity index (χ3v) is 2.10. The van der Waals surface area contributed by atoms with E-state index in [4.69, 9.17) is 5.26 Å². The third-order valence-electron chi connectivity index (χ3n) is 2.10. The second kappa shape index (κ2) is 12.0. The molecule has 0 radical (unpaired) electrons. The molecule has 0 aromatic heterocycles. The SMILES string of the molecule is CC=CCCCCCCC=CCC#N. The lowest BCUT2D eigenvalue weighted by molar-refractivity contribution is 0.652. The summed E-state index contributed by atoms with van der Waals surface area (Å²) in [7, 11) is 0. The van der Waals surface area contributed by atoms with E-state index in [9.17, 15) is 0 Å². The first-order valence-electron chi connectivity index (χ1n) is 5.55. The van der Waals surface area contributed by atoms with Crippen molar-refractivity contribution in [3.8, 4) is 6.07 Å². The highest BCUT2D eigenvalue weighted by Gasteiger charge is 1.86. The summed E-state index contributed by atoms with van der Waals surface area (Å²) in [6, 6.07) is 2.10. The van der Waals surface area contributed by atoms with Crippen LogP contribution in [0.5, 0.6) is 0 Å². The fourth-order valence-electron chi connectivity index (χ4n) is 1.30. The number of hydrogen-bond acceptors (Lipinski definition) is 1. The summed E-state index contributed by atoms with van der Waals surface area (Å²) >= 11 is 0. The molecule has 0 aliphatic rings. The van der Waals surface area contributed by atoms with Gasteiger partial charge in [-0.2, -0.15) is 5.26 Å². The molecule has 1 nitrogen and oxygen atoms in total. The Hall–Kier alpha value is -1.03. The Morgan fingerprint density at radius 3 is 2.14 bits per heavy atom. The van der Waals surface area contributed by atoms with E-state index >= 15 is 0 Å². The van der Waals surface area contributed by atoms with Gasteiger partial charge in [0.25, 0.3) is 0 Å². The van der Waals surface area contributed by atoms with E-state index in [1.807, 2.05) is 6.08 Å². The van der Waals surface area contributed by atoms with Gasteiger partial charge in [-0.25, -0.2) is 0 Å². The first-order valence-corrected chi connectivity index (χ1v) is 5.55. The zero-order chi connectivity index (χ0) is 10.5. The highest BCUT2D eigenvalue weighted by atomic mass is 14.2. The van der Waals surface area contributed by atoms with Crippen LogP contribution in [-0.2, 0) is 0 Å². The minimum Gasteiger partial charge on any atom is -0.198 e. The second-order valence-corrected chi connectivity index (χ2v) is 3.39. The Bertz CT molecular complexity index is 196. The zero-order valence-electron chi connectivity index (χ0n) is 9.21. The Labute approximate surface area is 88.1 Å². The van der Waals surface area contributed by atoms with E-state index in [1.165, 1.54) is 32.1 Å². The van der Waals surface area contributed by atoms with Crippen molar-refractivity contribution in [2.24, 2.45) is 0 Å². The van der Waals surface area contributed by atoms with Gasteiger partial charge in [0.15, 0.2) is 0 Å².